The normalized spacial score (nSPS) is 13.2. The zero-order valence-electron chi connectivity index (χ0n) is 10.0. The monoisotopic (exact) mass is 250 g/mol. The highest BCUT2D eigenvalue weighted by molar-refractivity contribution is 7.90. The second-order valence-electron chi connectivity index (χ2n) is 3.76. The Balaban J connectivity index is 3.13. The summed E-state index contributed by atoms with van der Waals surface area (Å²) in [6, 6.07) is 7.03. The standard InChI is InChI=1S/C13H14O3S/c1-9-4-6-12(7-5-9)17(16)13(11(3)15)8-10(2)14/h4-8H,1-3H3/b13-8+. The van der Waals surface area contributed by atoms with E-state index in [1.807, 2.05) is 19.1 Å². The Bertz CT molecular complexity index is 498. The molecule has 90 valence electrons. The maximum Gasteiger partial charge on any atom is 0.169 e. The molecule has 0 aliphatic carbocycles. The van der Waals surface area contributed by atoms with Crippen LogP contribution < -0.4 is 0 Å². The van der Waals surface area contributed by atoms with Gasteiger partial charge >= 0.3 is 0 Å². The molecule has 4 heteroatoms. The quantitative estimate of drug-likeness (QED) is 0.769. The number of carbonyl (C=O) groups excluding carboxylic acids is 2. The first-order chi connectivity index (χ1) is 7.91. The molecule has 0 fully saturated rings. The topological polar surface area (TPSA) is 51.2 Å². The first-order valence-corrected chi connectivity index (χ1v) is 6.28. The fraction of sp³-hybridized carbons (Fsp3) is 0.231. The van der Waals surface area contributed by atoms with Crippen molar-refractivity contribution in [2.75, 3.05) is 0 Å². The summed E-state index contributed by atoms with van der Waals surface area (Å²) in [7, 11) is -1.59. The van der Waals surface area contributed by atoms with E-state index >= 15 is 0 Å². The summed E-state index contributed by atoms with van der Waals surface area (Å²) in [5.74, 6) is -0.630. The lowest BCUT2D eigenvalue weighted by Crippen LogP contribution is -2.06. The zero-order valence-corrected chi connectivity index (χ0v) is 10.8. The van der Waals surface area contributed by atoms with Crippen molar-refractivity contribution >= 4 is 22.4 Å². The van der Waals surface area contributed by atoms with Crippen LogP contribution in [0.2, 0.25) is 0 Å². The van der Waals surface area contributed by atoms with Crippen LogP contribution in [-0.4, -0.2) is 15.8 Å². The second-order valence-corrected chi connectivity index (χ2v) is 5.21. The molecule has 0 bridgehead atoms. The van der Waals surface area contributed by atoms with Crippen molar-refractivity contribution < 1.29 is 13.8 Å². The van der Waals surface area contributed by atoms with Crippen LogP contribution in [0.1, 0.15) is 19.4 Å². The van der Waals surface area contributed by atoms with Gasteiger partial charge in [0.2, 0.25) is 0 Å². The molecule has 0 radical (unpaired) electrons. The number of hydrogen-bond donors (Lipinski definition) is 0. The van der Waals surface area contributed by atoms with Gasteiger partial charge in [0.15, 0.2) is 11.6 Å². The van der Waals surface area contributed by atoms with Crippen molar-refractivity contribution in [3.8, 4) is 0 Å². The molecule has 0 N–H and O–H groups in total. The number of ketones is 2. The van der Waals surface area contributed by atoms with Crippen molar-refractivity contribution in [2.45, 2.75) is 25.7 Å². The first-order valence-electron chi connectivity index (χ1n) is 5.13. The molecule has 1 aromatic carbocycles. The second kappa shape index (κ2) is 5.68. The van der Waals surface area contributed by atoms with Gasteiger partial charge in [0.05, 0.1) is 15.7 Å². The van der Waals surface area contributed by atoms with Crippen LogP contribution in [0.15, 0.2) is 40.1 Å². The fourth-order valence-electron chi connectivity index (χ4n) is 1.26. The molecule has 1 unspecified atom stereocenters. The van der Waals surface area contributed by atoms with Gasteiger partial charge in [-0.05, 0) is 32.9 Å². The number of hydrogen-bond acceptors (Lipinski definition) is 3. The van der Waals surface area contributed by atoms with E-state index in [0.717, 1.165) is 11.6 Å². The molecule has 0 aliphatic rings. The minimum atomic E-state index is -1.59. The predicted octanol–water partition coefficient (Wildman–Crippen LogP) is 2.16. The lowest BCUT2D eigenvalue weighted by atomic mass is 10.2. The van der Waals surface area contributed by atoms with E-state index in [1.54, 1.807) is 12.1 Å². The van der Waals surface area contributed by atoms with Gasteiger partial charge in [-0.1, -0.05) is 17.7 Å². The molecule has 0 amide bonds. The average molecular weight is 250 g/mol. The van der Waals surface area contributed by atoms with Crippen LogP contribution in [0.25, 0.3) is 0 Å². The van der Waals surface area contributed by atoms with E-state index in [2.05, 4.69) is 0 Å². The highest BCUT2D eigenvalue weighted by atomic mass is 32.2. The van der Waals surface area contributed by atoms with Crippen LogP contribution in [0, 0.1) is 6.92 Å². The minimum absolute atomic E-state index is 0.0429. The summed E-state index contributed by atoms with van der Waals surface area (Å²) in [4.78, 5) is 22.9. The van der Waals surface area contributed by atoms with Crippen LogP contribution in [0.3, 0.4) is 0 Å². The van der Waals surface area contributed by atoms with Gasteiger partial charge in [-0.15, -0.1) is 0 Å². The molecule has 0 saturated carbocycles. The van der Waals surface area contributed by atoms with E-state index in [4.69, 9.17) is 0 Å². The van der Waals surface area contributed by atoms with Gasteiger partial charge in [-0.3, -0.25) is 9.59 Å². The average Bonchev–Trinajstić information content (AvgIpc) is 2.25. The van der Waals surface area contributed by atoms with Gasteiger partial charge in [-0.2, -0.15) is 0 Å². The molecular weight excluding hydrogens is 236 g/mol. The Labute approximate surface area is 103 Å². The van der Waals surface area contributed by atoms with Crippen LogP contribution in [0.4, 0.5) is 0 Å². The van der Waals surface area contributed by atoms with Gasteiger partial charge in [0.25, 0.3) is 0 Å². The van der Waals surface area contributed by atoms with Crippen molar-refractivity contribution in [2.24, 2.45) is 0 Å². The van der Waals surface area contributed by atoms with Gasteiger partial charge in [-0.25, -0.2) is 4.21 Å². The van der Waals surface area contributed by atoms with Gasteiger partial charge < -0.3 is 0 Å². The largest absolute Gasteiger partial charge is 0.295 e. The summed E-state index contributed by atoms with van der Waals surface area (Å²) in [5, 5.41) is 0. The molecule has 0 spiro atoms. The van der Waals surface area contributed by atoms with E-state index < -0.39 is 10.8 Å². The molecule has 17 heavy (non-hydrogen) atoms. The summed E-state index contributed by atoms with van der Waals surface area (Å²) in [6.07, 6.45) is 1.14. The number of aryl methyl sites for hydroxylation is 1. The number of benzene rings is 1. The maximum absolute atomic E-state index is 12.1. The van der Waals surface area contributed by atoms with E-state index in [1.165, 1.54) is 13.8 Å². The van der Waals surface area contributed by atoms with Crippen LogP contribution in [0.5, 0.6) is 0 Å². The fourth-order valence-corrected chi connectivity index (χ4v) is 2.43. The smallest absolute Gasteiger partial charge is 0.169 e. The van der Waals surface area contributed by atoms with Crippen LogP contribution >= 0.6 is 0 Å². The Morgan fingerprint density at radius 3 is 2.06 bits per heavy atom. The Morgan fingerprint density at radius 1 is 1.12 bits per heavy atom. The number of Topliss-reactive ketones (excluding diaryl/α,β-unsaturated/α-hetero) is 1. The minimum Gasteiger partial charge on any atom is -0.295 e. The molecule has 0 aliphatic heterocycles. The predicted molar refractivity (Wildman–Crippen MR) is 67.0 cm³/mol. The molecule has 1 atom stereocenters. The molecule has 1 aromatic rings. The molecular formula is C13H14O3S. The van der Waals surface area contributed by atoms with Crippen molar-refractivity contribution in [3.63, 3.8) is 0 Å². The highest BCUT2D eigenvalue weighted by Crippen LogP contribution is 2.16. The SMILES string of the molecule is CC(=O)/C=C(\C(C)=O)S(=O)c1ccc(C)cc1. The molecule has 0 saturated heterocycles. The number of rotatable bonds is 4. The molecule has 0 heterocycles. The Kier molecular flexibility index (Phi) is 4.52. The Hall–Kier alpha value is -1.55. The van der Waals surface area contributed by atoms with Crippen LogP contribution in [-0.2, 0) is 20.4 Å². The van der Waals surface area contributed by atoms with E-state index in [9.17, 15) is 13.8 Å². The summed E-state index contributed by atoms with van der Waals surface area (Å²) < 4.78 is 12.1. The highest BCUT2D eigenvalue weighted by Gasteiger charge is 2.15. The third kappa shape index (κ3) is 3.75. The Morgan fingerprint density at radius 2 is 1.65 bits per heavy atom. The molecule has 3 nitrogen and oxygen atoms in total. The van der Waals surface area contributed by atoms with Crippen molar-refractivity contribution in [1.29, 1.82) is 0 Å². The number of carbonyl (C=O) groups is 2. The van der Waals surface area contributed by atoms with Crippen molar-refractivity contribution in [1.82, 2.24) is 0 Å². The van der Waals surface area contributed by atoms with E-state index in [0.29, 0.717) is 4.90 Å². The maximum atomic E-state index is 12.1. The summed E-state index contributed by atoms with van der Waals surface area (Å²) in [5.41, 5.74) is 1.05. The van der Waals surface area contributed by atoms with Crippen molar-refractivity contribution in [3.05, 3.63) is 40.8 Å². The lowest BCUT2D eigenvalue weighted by molar-refractivity contribution is -0.115. The zero-order chi connectivity index (χ0) is 13.0. The summed E-state index contributed by atoms with van der Waals surface area (Å²) >= 11 is 0. The first kappa shape index (κ1) is 13.5. The van der Waals surface area contributed by atoms with Gasteiger partial charge in [0.1, 0.15) is 0 Å². The van der Waals surface area contributed by atoms with E-state index in [-0.39, 0.29) is 16.5 Å². The third-order valence-electron chi connectivity index (χ3n) is 2.12. The summed E-state index contributed by atoms with van der Waals surface area (Å²) in [6.45, 7) is 4.56. The lowest BCUT2D eigenvalue weighted by Gasteiger charge is -2.04. The third-order valence-corrected chi connectivity index (χ3v) is 3.62. The molecule has 1 rings (SSSR count). The van der Waals surface area contributed by atoms with Gasteiger partial charge in [0, 0.05) is 11.0 Å². The number of allylic oxidation sites excluding steroid dienone is 2. The molecule has 0 aromatic heterocycles.